The molecule has 20 heavy (non-hydrogen) atoms. The molecule has 0 aliphatic rings. The highest BCUT2D eigenvalue weighted by atomic mass is 16.6. The first-order valence-corrected chi connectivity index (χ1v) is 6.89. The van der Waals surface area contributed by atoms with E-state index < -0.39 is 23.5 Å². The number of unbranched alkanes of at least 4 members (excludes halogenated alkanes) is 3. The minimum absolute atomic E-state index is 0.242. The van der Waals surface area contributed by atoms with E-state index >= 15 is 0 Å². The number of hydrogen-bond donors (Lipinski definition) is 1. The summed E-state index contributed by atoms with van der Waals surface area (Å²) >= 11 is 0. The highest BCUT2D eigenvalue weighted by Gasteiger charge is 2.23. The van der Waals surface area contributed by atoms with E-state index in [1.165, 1.54) is 0 Å². The Bertz CT molecular complexity index is 344. The average molecular weight is 283 g/mol. The van der Waals surface area contributed by atoms with Gasteiger partial charge in [0.05, 0.1) is 6.04 Å². The van der Waals surface area contributed by atoms with E-state index in [-0.39, 0.29) is 6.29 Å². The van der Waals surface area contributed by atoms with Crippen LogP contribution in [0.4, 0.5) is 4.79 Å². The molecule has 1 amide bonds. The summed E-state index contributed by atoms with van der Waals surface area (Å²) in [7, 11) is 0. The monoisotopic (exact) mass is 283 g/mol. The van der Waals surface area contributed by atoms with Crippen molar-refractivity contribution in [1.82, 2.24) is 5.32 Å². The molecule has 0 rings (SSSR count). The fourth-order valence-electron chi connectivity index (χ4n) is 1.63. The van der Waals surface area contributed by atoms with Gasteiger partial charge >= 0.3 is 6.09 Å². The Labute approximate surface area is 120 Å². The van der Waals surface area contributed by atoms with Crippen molar-refractivity contribution in [2.45, 2.75) is 64.5 Å². The SMILES string of the molecule is C=CCCCCC[C@@H](NC(=O)OC(C)(C)C)C(=O)C=O. The Kier molecular flexibility index (Phi) is 8.52. The first-order valence-electron chi connectivity index (χ1n) is 6.89. The third-order valence-electron chi connectivity index (χ3n) is 2.55. The van der Waals surface area contributed by atoms with Crippen molar-refractivity contribution in [3.8, 4) is 0 Å². The molecule has 0 aromatic carbocycles. The van der Waals surface area contributed by atoms with Gasteiger partial charge in [-0.15, -0.1) is 6.58 Å². The quantitative estimate of drug-likeness (QED) is 0.306. The number of amides is 1. The minimum Gasteiger partial charge on any atom is -0.444 e. The van der Waals surface area contributed by atoms with E-state index in [0.717, 1.165) is 25.7 Å². The first kappa shape index (κ1) is 18.4. The van der Waals surface area contributed by atoms with E-state index in [9.17, 15) is 14.4 Å². The summed E-state index contributed by atoms with van der Waals surface area (Å²) in [6.07, 6.45) is 5.43. The van der Waals surface area contributed by atoms with Crippen molar-refractivity contribution in [3.05, 3.63) is 12.7 Å². The Morgan fingerprint density at radius 2 is 1.90 bits per heavy atom. The van der Waals surface area contributed by atoms with Crippen LogP contribution in [-0.4, -0.2) is 29.8 Å². The fourth-order valence-corrected chi connectivity index (χ4v) is 1.63. The van der Waals surface area contributed by atoms with Gasteiger partial charge in [-0.05, 0) is 40.0 Å². The Morgan fingerprint density at radius 1 is 1.25 bits per heavy atom. The summed E-state index contributed by atoms with van der Waals surface area (Å²) in [4.78, 5) is 33.7. The number of carbonyl (C=O) groups excluding carboxylic acids is 3. The molecule has 0 bridgehead atoms. The normalized spacial score (nSPS) is 12.3. The summed E-state index contributed by atoms with van der Waals surface area (Å²) in [6, 6.07) is -0.800. The summed E-state index contributed by atoms with van der Waals surface area (Å²) in [5.41, 5.74) is -0.636. The fraction of sp³-hybridized carbons (Fsp3) is 0.667. The zero-order valence-corrected chi connectivity index (χ0v) is 12.6. The number of ketones is 1. The third kappa shape index (κ3) is 9.30. The predicted octanol–water partition coefficient (Wildman–Crippen LogP) is 2.78. The highest BCUT2D eigenvalue weighted by Crippen LogP contribution is 2.10. The van der Waals surface area contributed by atoms with Crippen LogP contribution in [0.3, 0.4) is 0 Å². The number of allylic oxidation sites excluding steroid dienone is 1. The lowest BCUT2D eigenvalue weighted by Gasteiger charge is -2.22. The average Bonchev–Trinajstić information content (AvgIpc) is 2.34. The summed E-state index contributed by atoms with van der Waals surface area (Å²) in [5.74, 6) is -0.625. The highest BCUT2D eigenvalue weighted by molar-refractivity contribution is 6.27. The number of hydrogen-bond acceptors (Lipinski definition) is 4. The number of aldehydes is 1. The zero-order valence-electron chi connectivity index (χ0n) is 12.6. The van der Waals surface area contributed by atoms with Crippen LogP contribution < -0.4 is 5.32 Å². The second-order valence-electron chi connectivity index (χ2n) is 5.65. The summed E-state index contributed by atoms with van der Waals surface area (Å²) < 4.78 is 5.08. The molecule has 0 radical (unpaired) electrons. The van der Waals surface area contributed by atoms with E-state index in [4.69, 9.17) is 4.74 Å². The Hall–Kier alpha value is -1.65. The Balaban J connectivity index is 4.28. The van der Waals surface area contributed by atoms with Crippen molar-refractivity contribution in [1.29, 1.82) is 0 Å². The van der Waals surface area contributed by atoms with Crippen molar-refractivity contribution in [2.75, 3.05) is 0 Å². The van der Waals surface area contributed by atoms with Crippen molar-refractivity contribution >= 4 is 18.2 Å². The van der Waals surface area contributed by atoms with Gasteiger partial charge in [0.15, 0.2) is 6.29 Å². The van der Waals surface area contributed by atoms with Crippen LogP contribution in [0, 0.1) is 0 Å². The van der Waals surface area contributed by atoms with Crippen LogP contribution in [0.1, 0.15) is 52.9 Å². The number of rotatable bonds is 9. The van der Waals surface area contributed by atoms with Crippen molar-refractivity contribution in [2.24, 2.45) is 0 Å². The molecule has 5 nitrogen and oxygen atoms in total. The molecule has 0 heterocycles. The number of carbonyl (C=O) groups is 3. The van der Waals surface area contributed by atoms with Gasteiger partial charge in [0, 0.05) is 0 Å². The zero-order chi connectivity index (χ0) is 15.6. The molecule has 114 valence electrons. The third-order valence-corrected chi connectivity index (χ3v) is 2.55. The van der Waals surface area contributed by atoms with Gasteiger partial charge in [0.25, 0.3) is 0 Å². The van der Waals surface area contributed by atoms with Gasteiger partial charge in [-0.2, -0.15) is 0 Å². The number of Topliss-reactive ketones (excluding diaryl/α,β-unsaturated/α-hetero) is 1. The van der Waals surface area contributed by atoms with Gasteiger partial charge in [-0.25, -0.2) is 4.79 Å². The van der Waals surface area contributed by atoms with Gasteiger partial charge < -0.3 is 10.1 Å². The molecule has 0 spiro atoms. The lowest BCUT2D eigenvalue weighted by molar-refractivity contribution is -0.131. The smallest absolute Gasteiger partial charge is 0.408 e. The summed E-state index contributed by atoms with van der Waals surface area (Å²) in [5, 5.41) is 2.45. The molecule has 0 saturated carbocycles. The van der Waals surface area contributed by atoms with Crippen LogP contribution >= 0.6 is 0 Å². The van der Waals surface area contributed by atoms with E-state index in [1.54, 1.807) is 20.8 Å². The van der Waals surface area contributed by atoms with Gasteiger partial charge in [0.2, 0.25) is 5.78 Å². The van der Waals surface area contributed by atoms with Crippen LogP contribution in [0.15, 0.2) is 12.7 Å². The molecule has 0 aromatic heterocycles. The van der Waals surface area contributed by atoms with Crippen LogP contribution in [-0.2, 0) is 14.3 Å². The molecular formula is C15H25NO4. The van der Waals surface area contributed by atoms with Crippen LogP contribution in [0.5, 0.6) is 0 Å². The standard InChI is InChI=1S/C15H25NO4/c1-5-6-7-8-9-10-12(13(18)11-17)16-14(19)20-15(2,3)4/h5,11-12H,1,6-10H2,2-4H3,(H,16,19)/t12-/m1/s1. The first-order chi connectivity index (χ1) is 9.30. The summed E-state index contributed by atoms with van der Waals surface area (Å²) in [6.45, 7) is 8.84. The largest absolute Gasteiger partial charge is 0.444 e. The van der Waals surface area contributed by atoms with E-state index in [2.05, 4.69) is 11.9 Å². The lowest BCUT2D eigenvalue weighted by Crippen LogP contribution is -2.43. The van der Waals surface area contributed by atoms with Gasteiger partial charge in [-0.3, -0.25) is 9.59 Å². The molecule has 1 atom stereocenters. The lowest BCUT2D eigenvalue weighted by atomic mass is 10.0. The number of alkyl carbamates (subject to hydrolysis) is 1. The molecule has 0 aromatic rings. The molecule has 0 aliphatic heterocycles. The molecule has 1 N–H and O–H groups in total. The van der Waals surface area contributed by atoms with Crippen LogP contribution in [0.2, 0.25) is 0 Å². The molecule has 0 unspecified atom stereocenters. The number of ether oxygens (including phenoxy) is 1. The van der Waals surface area contributed by atoms with Crippen molar-refractivity contribution in [3.63, 3.8) is 0 Å². The van der Waals surface area contributed by atoms with Crippen molar-refractivity contribution < 1.29 is 19.1 Å². The van der Waals surface area contributed by atoms with E-state index in [1.807, 2.05) is 6.08 Å². The van der Waals surface area contributed by atoms with E-state index in [0.29, 0.717) is 6.42 Å². The second kappa shape index (κ2) is 9.28. The molecule has 0 fully saturated rings. The number of nitrogens with one attached hydrogen (secondary N) is 1. The maximum atomic E-state index is 11.6. The maximum Gasteiger partial charge on any atom is 0.408 e. The molecule has 0 aliphatic carbocycles. The predicted molar refractivity (Wildman–Crippen MR) is 77.5 cm³/mol. The van der Waals surface area contributed by atoms with Gasteiger partial charge in [-0.1, -0.05) is 18.9 Å². The molecule has 5 heteroatoms. The Morgan fingerprint density at radius 3 is 2.40 bits per heavy atom. The van der Waals surface area contributed by atoms with Gasteiger partial charge in [0.1, 0.15) is 5.60 Å². The minimum atomic E-state index is -0.800. The topological polar surface area (TPSA) is 72.5 Å². The molecular weight excluding hydrogens is 258 g/mol. The van der Waals surface area contributed by atoms with Crippen LogP contribution in [0.25, 0.3) is 0 Å². The second-order valence-corrected chi connectivity index (χ2v) is 5.65. The molecule has 0 saturated heterocycles. The maximum absolute atomic E-state index is 11.6.